The number of anilines is 1. The highest BCUT2D eigenvalue weighted by Gasteiger charge is 2.20. The number of hydrogen-bond acceptors (Lipinski definition) is 2. The third-order valence-corrected chi connectivity index (χ3v) is 4.80. The molecule has 26 heavy (non-hydrogen) atoms. The van der Waals surface area contributed by atoms with Crippen molar-refractivity contribution in [2.45, 2.75) is 19.4 Å². The summed E-state index contributed by atoms with van der Waals surface area (Å²) in [5, 5.41) is 5.11. The summed E-state index contributed by atoms with van der Waals surface area (Å²) in [6, 6.07) is 21.3. The number of fused-ring (bicyclic) bond motifs is 1. The summed E-state index contributed by atoms with van der Waals surface area (Å²) in [7, 11) is 0. The fraction of sp³-hybridized carbons (Fsp3) is 0.182. The zero-order valence-electron chi connectivity index (χ0n) is 14.4. The summed E-state index contributed by atoms with van der Waals surface area (Å²) in [4.78, 5) is 26.2. The van der Waals surface area contributed by atoms with E-state index in [1.54, 1.807) is 0 Å². The normalized spacial score (nSPS) is 14.0. The van der Waals surface area contributed by atoms with Crippen molar-refractivity contribution in [2.75, 3.05) is 11.9 Å². The van der Waals surface area contributed by atoms with E-state index in [4.69, 9.17) is 0 Å². The van der Waals surface area contributed by atoms with Crippen LogP contribution in [0, 0.1) is 0 Å². The van der Waals surface area contributed by atoms with Gasteiger partial charge in [0.1, 0.15) is 0 Å². The summed E-state index contributed by atoms with van der Waals surface area (Å²) in [6.07, 6.45) is 1.58. The van der Waals surface area contributed by atoms with E-state index in [9.17, 15) is 9.59 Å². The van der Waals surface area contributed by atoms with Crippen molar-refractivity contribution in [1.82, 2.24) is 4.90 Å². The van der Waals surface area contributed by atoms with Crippen LogP contribution in [-0.2, 0) is 11.3 Å². The predicted octanol–water partition coefficient (Wildman–Crippen LogP) is 4.21. The standard InChI is InChI=1S/C22H20N2O2/c25-21-9-4-14-24(21)15-16-10-12-18(13-11-16)22(26)23-20-8-3-6-17-5-1-2-7-19(17)20/h1-3,5-8,10-13H,4,9,14-15H2,(H,23,26). The van der Waals surface area contributed by atoms with Crippen molar-refractivity contribution in [3.05, 3.63) is 77.9 Å². The third kappa shape index (κ3) is 3.31. The average molecular weight is 344 g/mol. The number of carbonyl (C=O) groups is 2. The van der Waals surface area contributed by atoms with Gasteiger partial charge < -0.3 is 10.2 Å². The highest BCUT2D eigenvalue weighted by atomic mass is 16.2. The number of rotatable bonds is 4. The van der Waals surface area contributed by atoms with Gasteiger partial charge in [0.2, 0.25) is 5.91 Å². The minimum atomic E-state index is -0.134. The van der Waals surface area contributed by atoms with E-state index < -0.39 is 0 Å². The molecular formula is C22H20N2O2. The van der Waals surface area contributed by atoms with E-state index in [0.29, 0.717) is 18.5 Å². The van der Waals surface area contributed by atoms with Gasteiger partial charge in [-0.25, -0.2) is 0 Å². The molecule has 1 aliphatic heterocycles. The van der Waals surface area contributed by atoms with Crippen LogP contribution in [0.1, 0.15) is 28.8 Å². The minimum Gasteiger partial charge on any atom is -0.338 e. The Morgan fingerprint density at radius 2 is 1.73 bits per heavy atom. The Kier molecular flexibility index (Phi) is 4.40. The number of likely N-dealkylation sites (tertiary alicyclic amines) is 1. The van der Waals surface area contributed by atoms with Crippen molar-refractivity contribution in [1.29, 1.82) is 0 Å². The second-order valence-corrected chi connectivity index (χ2v) is 6.60. The lowest BCUT2D eigenvalue weighted by Crippen LogP contribution is -2.23. The number of carbonyl (C=O) groups excluding carboxylic acids is 2. The van der Waals surface area contributed by atoms with Crippen LogP contribution in [0.15, 0.2) is 66.7 Å². The van der Waals surface area contributed by atoms with E-state index in [1.807, 2.05) is 71.6 Å². The maximum atomic E-state index is 12.6. The molecule has 0 unspecified atom stereocenters. The lowest BCUT2D eigenvalue weighted by Gasteiger charge is -2.15. The second kappa shape index (κ2) is 7.00. The molecule has 1 aliphatic rings. The first-order valence-electron chi connectivity index (χ1n) is 8.86. The molecule has 4 heteroatoms. The quantitative estimate of drug-likeness (QED) is 0.770. The summed E-state index contributed by atoms with van der Waals surface area (Å²) >= 11 is 0. The summed E-state index contributed by atoms with van der Waals surface area (Å²) in [6.45, 7) is 1.44. The molecule has 3 aromatic carbocycles. The Bertz CT molecular complexity index is 958. The number of hydrogen-bond donors (Lipinski definition) is 1. The molecule has 0 radical (unpaired) electrons. The predicted molar refractivity (Wildman–Crippen MR) is 103 cm³/mol. The smallest absolute Gasteiger partial charge is 0.255 e. The zero-order chi connectivity index (χ0) is 17.9. The van der Waals surface area contributed by atoms with Gasteiger partial charge in [-0.15, -0.1) is 0 Å². The highest BCUT2D eigenvalue weighted by Crippen LogP contribution is 2.23. The SMILES string of the molecule is O=C(Nc1cccc2ccccc12)c1ccc(CN2CCCC2=O)cc1. The first-order valence-corrected chi connectivity index (χ1v) is 8.86. The summed E-state index contributed by atoms with van der Waals surface area (Å²) < 4.78 is 0. The van der Waals surface area contributed by atoms with Crippen LogP contribution < -0.4 is 5.32 Å². The van der Waals surface area contributed by atoms with Gasteiger partial charge in [-0.1, -0.05) is 48.5 Å². The van der Waals surface area contributed by atoms with Crippen molar-refractivity contribution in [3.8, 4) is 0 Å². The van der Waals surface area contributed by atoms with Crippen LogP contribution in [0.5, 0.6) is 0 Å². The number of amides is 2. The van der Waals surface area contributed by atoms with Crippen LogP contribution >= 0.6 is 0 Å². The van der Waals surface area contributed by atoms with Crippen LogP contribution in [0.25, 0.3) is 10.8 Å². The van der Waals surface area contributed by atoms with Gasteiger partial charge in [0.15, 0.2) is 0 Å². The van der Waals surface area contributed by atoms with E-state index in [0.717, 1.165) is 35.0 Å². The minimum absolute atomic E-state index is 0.134. The number of nitrogens with one attached hydrogen (secondary N) is 1. The molecule has 0 atom stereocenters. The molecule has 0 aromatic heterocycles. The Balaban J connectivity index is 1.48. The largest absolute Gasteiger partial charge is 0.338 e. The molecular weight excluding hydrogens is 324 g/mol. The van der Waals surface area contributed by atoms with Crippen LogP contribution in [0.3, 0.4) is 0 Å². The third-order valence-electron chi connectivity index (χ3n) is 4.80. The van der Waals surface area contributed by atoms with Gasteiger partial charge in [0.05, 0.1) is 0 Å². The maximum Gasteiger partial charge on any atom is 0.255 e. The summed E-state index contributed by atoms with van der Waals surface area (Å²) in [5.41, 5.74) is 2.45. The number of benzene rings is 3. The van der Waals surface area contributed by atoms with Crippen molar-refractivity contribution in [2.24, 2.45) is 0 Å². The molecule has 2 amide bonds. The molecule has 0 saturated carbocycles. The second-order valence-electron chi connectivity index (χ2n) is 6.60. The van der Waals surface area contributed by atoms with Gasteiger partial charge in [-0.05, 0) is 35.6 Å². The molecule has 4 rings (SSSR count). The monoisotopic (exact) mass is 344 g/mol. The van der Waals surface area contributed by atoms with Crippen molar-refractivity contribution in [3.63, 3.8) is 0 Å². The highest BCUT2D eigenvalue weighted by molar-refractivity contribution is 6.09. The first kappa shape index (κ1) is 16.3. The number of nitrogens with zero attached hydrogens (tertiary/aromatic N) is 1. The fourth-order valence-corrected chi connectivity index (χ4v) is 3.38. The molecule has 4 nitrogen and oxygen atoms in total. The lowest BCUT2D eigenvalue weighted by molar-refractivity contribution is -0.128. The average Bonchev–Trinajstić information content (AvgIpc) is 3.07. The Labute approximate surface area is 152 Å². The van der Waals surface area contributed by atoms with Gasteiger partial charge in [0, 0.05) is 36.1 Å². The maximum absolute atomic E-state index is 12.6. The topological polar surface area (TPSA) is 49.4 Å². The lowest BCUT2D eigenvalue weighted by atomic mass is 10.1. The molecule has 1 heterocycles. The Morgan fingerprint density at radius 3 is 2.50 bits per heavy atom. The van der Waals surface area contributed by atoms with Crippen LogP contribution in [0.2, 0.25) is 0 Å². The van der Waals surface area contributed by atoms with E-state index >= 15 is 0 Å². The van der Waals surface area contributed by atoms with Crippen molar-refractivity contribution < 1.29 is 9.59 Å². The molecule has 0 spiro atoms. The van der Waals surface area contributed by atoms with Gasteiger partial charge in [-0.2, -0.15) is 0 Å². The molecule has 1 N–H and O–H groups in total. The molecule has 0 bridgehead atoms. The van der Waals surface area contributed by atoms with E-state index in [-0.39, 0.29) is 11.8 Å². The first-order chi connectivity index (χ1) is 12.7. The molecule has 1 saturated heterocycles. The fourth-order valence-electron chi connectivity index (χ4n) is 3.38. The van der Waals surface area contributed by atoms with Crippen molar-refractivity contribution >= 4 is 28.3 Å². The zero-order valence-corrected chi connectivity index (χ0v) is 14.4. The van der Waals surface area contributed by atoms with Gasteiger partial charge in [0.25, 0.3) is 5.91 Å². The van der Waals surface area contributed by atoms with Gasteiger partial charge >= 0.3 is 0 Å². The van der Waals surface area contributed by atoms with E-state index in [2.05, 4.69) is 5.32 Å². The Morgan fingerprint density at radius 1 is 0.962 bits per heavy atom. The Hall–Kier alpha value is -3.14. The summed E-state index contributed by atoms with van der Waals surface area (Å²) in [5.74, 6) is 0.0768. The molecule has 3 aromatic rings. The van der Waals surface area contributed by atoms with E-state index in [1.165, 1.54) is 0 Å². The molecule has 130 valence electrons. The molecule has 1 fully saturated rings. The van der Waals surface area contributed by atoms with Crippen LogP contribution in [-0.4, -0.2) is 23.3 Å². The van der Waals surface area contributed by atoms with Crippen LogP contribution in [0.4, 0.5) is 5.69 Å². The van der Waals surface area contributed by atoms with Gasteiger partial charge in [-0.3, -0.25) is 9.59 Å². The molecule has 0 aliphatic carbocycles.